The van der Waals surface area contributed by atoms with Crippen LogP contribution in [0.1, 0.15) is 34.7 Å². The summed E-state index contributed by atoms with van der Waals surface area (Å²) in [6.07, 6.45) is 1.88. The van der Waals surface area contributed by atoms with Crippen molar-refractivity contribution in [3.05, 3.63) is 34.9 Å². The van der Waals surface area contributed by atoms with Gasteiger partial charge in [-0.1, -0.05) is 19.6 Å². The van der Waals surface area contributed by atoms with E-state index in [0.717, 1.165) is 16.9 Å². The zero-order chi connectivity index (χ0) is 23.7. The average molecular weight is 498 g/mol. The molecular weight excluding hydrogens is 457 g/mol. The summed E-state index contributed by atoms with van der Waals surface area (Å²) in [5.74, 6) is 0.764. The first-order valence-electron chi connectivity index (χ1n) is 10.6. The highest BCUT2D eigenvalue weighted by Crippen LogP contribution is 2.36. The molecule has 0 N–H and O–H groups in total. The molecule has 0 aliphatic heterocycles. The minimum absolute atomic E-state index is 0.211. The van der Waals surface area contributed by atoms with Crippen molar-refractivity contribution in [2.75, 3.05) is 0 Å². The van der Waals surface area contributed by atoms with Gasteiger partial charge in [-0.3, -0.25) is 0 Å². The Morgan fingerprint density at radius 2 is 1.23 bits per heavy atom. The zero-order valence-corrected chi connectivity index (χ0v) is 26.1. The van der Waals surface area contributed by atoms with Crippen LogP contribution in [0.25, 0.3) is 6.08 Å². The molecule has 0 aromatic heterocycles. The van der Waals surface area contributed by atoms with Gasteiger partial charge in [-0.2, -0.15) is 0 Å². The van der Waals surface area contributed by atoms with Crippen LogP contribution in [0.15, 0.2) is 12.6 Å². The first-order chi connectivity index (χ1) is 13.3. The van der Waals surface area contributed by atoms with Crippen molar-refractivity contribution < 1.29 is 16.8 Å². The molecule has 0 amide bonds. The SMILES string of the molecule is C=Cc1cc(O[Si](O[Si](C)(C)C)(O[Si](C)(C)C)O[Si](C)(C)C)c(C)c(C)c1C(C)[Si]. The first kappa shape index (κ1) is 27.8. The van der Waals surface area contributed by atoms with E-state index in [1.165, 1.54) is 11.1 Å². The molecule has 0 heterocycles. The molecule has 4 nitrogen and oxygen atoms in total. The van der Waals surface area contributed by atoms with E-state index in [0.29, 0.717) is 0 Å². The van der Waals surface area contributed by atoms with E-state index < -0.39 is 34.0 Å². The van der Waals surface area contributed by atoms with E-state index in [2.05, 4.69) is 103 Å². The Morgan fingerprint density at radius 1 is 0.833 bits per heavy atom. The number of rotatable bonds is 10. The highest BCUT2D eigenvalue weighted by molar-refractivity contribution is 6.88. The lowest BCUT2D eigenvalue weighted by atomic mass is 9.94. The van der Waals surface area contributed by atoms with Crippen LogP contribution in [0, 0.1) is 13.8 Å². The molecule has 1 rings (SSSR count). The number of hydrogen-bond acceptors (Lipinski definition) is 4. The van der Waals surface area contributed by atoms with Gasteiger partial charge in [-0.25, -0.2) is 0 Å². The van der Waals surface area contributed by atoms with Crippen LogP contribution in [0.4, 0.5) is 0 Å². The van der Waals surface area contributed by atoms with Crippen molar-refractivity contribution in [2.24, 2.45) is 0 Å². The van der Waals surface area contributed by atoms with Crippen LogP contribution in [-0.2, 0) is 12.3 Å². The Labute approximate surface area is 192 Å². The van der Waals surface area contributed by atoms with Gasteiger partial charge < -0.3 is 16.8 Å². The summed E-state index contributed by atoms with van der Waals surface area (Å²) in [4.78, 5) is 0. The summed E-state index contributed by atoms with van der Waals surface area (Å²) in [5, 5.41) is 0. The molecule has 0 fully saturated rings. The van der Waals surface area contributed by atoms with Gasteiger partial charge in [-0.15, -0.1) is 0 Å². The lowest BCUT2D eigenvalue weighted by Crippen LogP contribution is -2.64. The van der Waals surface area contributed by atoms with Gasteiger partial charge in [0.1, 0.15) is 5.75 Å². The normalized spacial score (nSPS) is 14.6. The smallest absolute Gasteiger partial charge is 0.481 e. The molecule has 1 aromatic rings. The van der Waals surface area contributed by atoms with Crippen molar-refractivity contribution in [3.63, 3.8) is 0 Å². The molecule has 0 bridgehead atoms. The molecule has 1 aromatic carbocycles. The topological polar surface area (TPSA) is 36.9 Å². The van der Waals surface area contributed by atoms with Crippen molar-refractivity contribution in [2.45, 2.75) is 85.2 Å². The first-order valence-corrected chi connectivity index (χ1v) is 23.0. The molecule has 0 spiro atoms. The second kappa shape index (κ2) is 9.69. The summed E-state index contributed by atoms with van der Waals surface area (Å²) in [7, 11) is -5.73. The van der Waals surface area contributed by atoms with Gasteiger partial charge >= 0.3 is 9.05 Å². The summed E-state index contributed by atoms with van der Waals surface area (Å²) in [6, 6.07) is 2.05. The highest BCUT2D eigenvalue weighted by Gasteiger charge is 2.56. The van der Waals surface area contributed by atoms with Gasteiger partial charge in [0, 0.05) is 10.2 Å². The maximum Gasteiger partial charge on any atom is 0.717 e. The molecule has 0 saturated heterocycles. The second-order valence-electron chi connectivity index (χ2n) is 10.8. The van der Waals surface area contributed by atoms with Crippen molar-refractivity contribution in [1.29, 1.82) is 0 Å². The number of hydrogen-bond donors (Lipinski definition) is 0. The number of benzene rings is 1. The van der Waals surface area contributed by atoms with E-state index in [1.807, 2.05) is 6.08 Å². The lowest BCUT2D eigenvalue weighted by Gasteiger charge is -2.41. The molecule has 1 atom stereocenters. The van der Waals surface area contributed by atoms with E-state index in [9.17, 15) is 0 Å². The zero-order valence-electron chi connectivity index (χ0n) is 21.1. The standard InChI is InChI=1S/C21H41O4Si5/c1-14-19-15-20(16(2)17(3)21(19)18(4)26)22-30(23-27(5,6)7,24-28(8,9)10)25-29(11,12)13/h14-15,18H,1H2,2-13H3. The molecule has 0 aliphatic rings. The quantitative estimate of drug-likeness (QED) is 0.344. The monoisotopic (exact) mass is 497 g/mol. The molecule has 30 heavy (non-hydrogen) atoms. The van der Waals surface area contributed by atoms with Crippen LogP contribution in [-0.4, -0.2) is 44.2 Å². The average Bonchev–Trinajstić information content (AvgIpc) is 2.45. The second-order valence-corrected chi connectivity index (χ2v) is 28.0. The highest BCUT2D eigenvalue weighted by atomic mass is 28.5. The summed E-state index contributed by atoms with van der Waals surface area (Å²) >= 11 is 0. The molecule has 0 aliphatic carbocycles. The van der Waals surface area contributed by atoms with Crippen LogP contribution in [0.2, 0.25) is 58.9 Å². The van der Waals surface area contributed by atoms with Crippen LogP contribution >= 0.6 is 0 Å². The molecule has 3 radical (unpaired) electrons. The summed E-state index contributed by atoms with van der Waals surface area (Å²) < 4.78 is 26.7. The lowest BCUT2D eigenvalue weighted by molar-refractivity contribution is 0.151. The third-order valence-corrected chi connectivity index (χ3v) is 15.2. The maximum absolute atomic E-state index is 6.73. The van der Waals surface area contributed by atoms with Gasteiger partial charge in [0.15, 0.2) is 25.0 Å². The summed E-state index contributed by atoms with van der Waals surface area (Å²) in [5.41, 5.74) is 4.74. The molecule has 1 unspecified atom stereocenters. The van der Waals surface area contributed by atoms with E-state index >= 15 is 0 Å². The van der Waals surface area contributed by atoms with Crippen molar-refractivity contribution in [3.8, 4) is 5.75 Å². The van der Waals surface area contributed by atoms with E-state index in [1.54, 1.807) is 0 Å². The Morgan fingerprint density at radius 3 is 1.53 bits per heavy atom. The fourth-order valence-corrected chi connectivity index (χ4v) is 15.2. The third kappa shape index (κ3) is 8.34. The predicted octanol–water partition coefficient (Wildman–Crippen LogP) is 6.54. The minimum Gasteiger partial charge on any atom is -0.481 e. The Balaban J connectivity index is 3.70. The van der Waals surface area contributed by atoms with Gasteiger partial charge in [-0.05, 0) is 107 Å². The van der Waals surface area contributed by atoms with Gasteiger partial charge in [0.05, 0.1) is 0 Å². The minimum atomic E-state index is -3.44. The van der Waals surface area contributed by atoms with Gasteiger partial charge in [0.25, 0.3) is 0 Å². The third-order valence-electron chi connectivity index (χ3n) is 4.12. The maximum atomic E-state index is 6.73. The summed E-state index contributed by atoms with van der Waals surface area (Å²) in [6.45, 7) is 29.8. The Bertz CT molecular complexity index is 718. The fraction of sp³-hybridized carbons (Fsp3) is 0.619. The predicted molar refractivity (Wildman–Crippen MR) is 140 cm³/mol. The van der Waals surface area contributed by atoms with E-state index in [4.69, 9.17) is 16.8 Å². The molecule has 0 saturated carbocycles. The van der Waals surface area contributed by atoms with Crippen molar-refractivity contribution in [1.82, 2.24) is 0 Å². The Kier molecular flexibility index (Phi) is 8.97. The molecule has 9 heteroatoms. The largest absolute Gasteiger partial charge is 0.717 e. The van der Waals surface area contributed by atoms with Gasteiger partial charge in [0.2, 0.25) is 0 Å². The molecule has 169 valence electrons. The van der Waals surface area contributed by atoms with Crippen molar-refractivity contribution >= 4 is 50.3 Å². The molecular formula is C21H41O4Si5. The van der Waals surface area contributed by atoms with Crippen LogP contribution in [0.5, 0.6) is 5.75 Å². The van der Waals surface area contributed by atoms with Crippen LogP contribution in [0.3, 0.4) is 0 Å². The fourth-order valence-electron chi connectivity index (χ4n) is 3.16. The Hall–Kier alpha value is -0.276. The van der Waals surface area contributed by atoms with Crippen LogP contribution < -0.4 is 4.43 Å². The van der Waals surface area contributed by atoms with E-state index in [-0.39, 0.29) is 5.54 Å².